The van der Waals surface area contributed by atoms with E-state index in [2.05, 4.69) is 20.4 Å². The van der Waals surface area contributed by atoms with Gasteiger partial charge in [0.25, 0.3) is 0 Å². The van der Waals surface area contributed by atoms with Crippen LogP contribution in [-0.2, 0) is 4.79 Å². The second kappa shape index (κ2) is 6.71. The summed E-state index contributed by atoms with van der Waals surface area (Å²) in [5.74, 6) is 1.05. The molecule has 2 aromatic rings. The third-order valence-corrected chi connectivity index (χ3v) is 3.58. The van der Waals surface area contributed by atoms with Crippen molar-refractivity contribution in [2.24, 2.45) is 0 Å². The van der Waals surface area contributed by atoms with Gasteiger partial charge in [-0.1, -0.05) is 11.8 Å². The Labute approximate surface area is 128 Å². The number of hydrogen-bond acceptors (Lipinski definition) is 5. The minimum atomic E-state index is 0.00118. The first-order chi connectivity index (χ1) is 9.95. The van der Waals surface area contributed by atoms with Crippen molar-refractivity contribution in [1.29, 1.82) is 0 Å². The molecule has 0 fully saturated rings. The molecule has 112 valence electrons. The quantitative estimate of drug-likeness (QED) is 0.674. The highest BCUT2D eigenvalue weighted by molar-refractivity contribution is 7.99. The predicted molar refractivity (Wildman–Crippen MR) is 82.6 cm³/mol. The Bertz CT molecular complexity index is 638. The Morgan fingerprint density at radius 3 is 2.71 bits per heavy atom. The van der Waals surface area contributed by atoms with Gasteiger partial charge in [0.2, 0.25) is 5.91 Å². The van der Waals surface area contributed by atoms with Gasteiger partial charge in [-0.15, -0.1) is 0 Å². The van der Waals surface area contributed by atoms with Crippen LogP contribution in [0.4, 0.5) is 0 Å². The van der Waals surface area contributed by atoms with Crippen molar-refractivity contribution in [3.05, 3.63) is 29.8 Å². The maximum Gasteiger partial charge on any atom is 0.230 e. The number of aromatic nitrogens is 4. The van der Waals surface area contributed by atoms with Gasteiger partial charge in [-0.2, -0.15) is 5.10 Å². The number of nitrogens with zero attached hydrogens (tertiary/aromatic N) is 4. The summed E-state index contributed by atoms with van der Waals surface area (Å²) in [6.07, 6.45) is 1.49. The third-order valence-electron chi connectivity index (χ3n) is 2.65. The molecule has 21 heavy (non-hydrogen) atoms. The SMILES string of the molecule is Cc1cc(C)n(-c2cc(SCC(=O)NC(C)C)ncn2)n1. The van der Waals surface area contributed by atoms with Crippen LogP contribution in [0.2, 0.25) is 0 Å². The van der Waals surface area contributed by atoms with E-state index in [1.807, 2.05) is 39.8 Å². The lowest BCUT2D eigenvalue weighted by Crippen LogP contribution is -2.31. The molecule has 0 aliphatic carbocycles. The first kappa shape index (κ1) is 15.5. The number of amides is 1. The first-order valence-corrected chi connectivity index (χ1v) is 7.72. The maximum atomic E-state index is 11.6. The Kier molecular flexibility index (Phi) is 4.95. The largest absolute Gasteiger partial charge is 0.353 e. The number of carbonyl (C=O) groups excluding carboxylic acids is 1. The van der Waals surface area contributed by atoms with Crippen LogP contribution in [0.25, 0.3) is 5.82 Å². The van der Waals surface area contributed by atoms with Crippen LogP contribution in [0.15, 0.2) is 23.5 Å². The smallest absolute Gasteiger partial charge is 0.230 e. The van der Waals surface area contributed by atoms with E-state index in [0.717, 1.165) is 16.4 Å². The summed E-state index contributed by atoms with van der Waals surface area (Å²) in [5, 5.41) is 8.00. The van der Waals surface area contributed by atoms with Gasteiger partial charge in [-0.25, -0.2) is 14.6 Å². The molecule has 0 unspecified atom stereocenters. The molecule has 2 aromatic heterocycles. The molecule has 0 aliphatic rings. The van der Waals surface area contributed by atoms with Crippen molar-refractivity contribution in [3.63, 3.8) is 0 Å². The summed E-state index contributed by atoms with van der Waals surface area (Å²) in [6, 6.07) is 3.98. The second-order valence-electron chi connectivity index (χ2n) is 5.06. The van der Waals surface area contributed by atoms with Crippen molar-refractivity contribution in [2.45, 2.75) is 38.8 Å². The number of nitrogens with one attached hydrogen (secondary N) is 1. The lowest BCUT2D eigenvalue weighted by molar-refractivity contribution is -0.119. The van der Waals surface area contributed by atoms with E-state index >= 15 is 0 Å². The lowest BCUT2D eigenvalue weighted by Gasteiger charge is -2.08. The van der Waals surface area contributed by atoms with Gasteiger partial charge in [0.15, 0.2) is 5.82 Å². The van der Waals surface area contributed by atoms with Crippen LogP contribution in [0.3, 0.4) is 0 Å². The van der Waals surface area contributed by atoms with Gasteiger partial charge in [-0.05, 0) is 33.8 Å². The summed E-state index contributed by atoms with van der Waals surface area (Å²) in [7, 11) is 0. The highest BCUT2D eigenvalue weighted by atomic mass is 32.2. The zero-order chi connectivity index (χ0) is 15.4. The van der Waals surface area contributed by atoms with Gasteiger partial charge in [0.05, 0.1) is 11.4 Å². The summed E-state index contributed by atoms with van der Waals surface area (Å²) in [4.78, 5) is 20.1. The number of carbonyl (C=O) groups is 1. The third kappa shape index (κ3) is 4.29. The van der Waals surface area contributed by atoms with Crippen molar-refractivity contribution < 1.29 is 4.79 Å². The monoisotopic (exact) mass is 305 g/mol. The van der Waals surface area contributed by atoms with Gasteiger partial charge >= 0.3 is 0 Å². The molecule has 0 atom stereocenters. The van der Waals surface area contributed by atoms with Crippen molar-refractivity contribution in [3.8, 4) is 5.82 Å². The van der Waals surface area contributed by atoms with Gasteiger partial charge in [-0.3, -0.25) is 4.79 Å². The van der Waals surface area contributed by atoms with E-state index < -0.39 is 0 Å². The van der Waals surface area contributed by atoms with Crippen molar-refractivity contribution >= 4 is 17.7 Å². The average Bonchev–Trinajstić information content (AvgIpc) is 2.75. The van der Waals surface area contributed by atoms with Crippen LogP contribution < -0.4 is 5.32 Å². The molecular formula is C14H19N5OS. The molecule has 2 rings (SSSR count). The molecule has 0 radical (unpaired) electrons. The highest BCUT2D eigenvalue weighted by Gasteiger charge is 2.09. The van der Waals surface area contributed by atoms with Crippen LogP contribution in [0.1, 0.15) is 25.2 Å². The standard InChI is InChI=1S/C14H19N5OS/c1-9(2)17-13(20)7-21-14-6-12(15-8-16-14)19-11(4)5-10(3)18-19/h5-6,8-9H,7H2,1-4H3,(H,17,20). The highest BCUT2D eigenvalue weighted by Crippen LogP contribution is 2.17. The fourth-order valence-electron chi connectivity index (χ4n) is 1.89. The molecule has 7 heteroatoms. The number of hydrogen-bond donors (Lipinski definition) is 1. The van der Waals surface area contributed by atoms with E-state index in [9.17, 15) is 4.79 Å². The molecule has 0 aliphatic heterocycles. The van der Waals surface area contributed by atoms with E-state index in [0.29, 0.717) is 11.6 Å². The molecule has 2 heterocycles. The van der Waals surface area contributed by atoms with E-state index in [4.69, 9.17) is 0 Å². The number of thioether (sulfide) groups is 1. The van der Waals surface area contributed by atoms with Gasteiger partial charge < -0.3 is 5.32 Å². The first-order valence-electron chi connectivity index (χ1n) is 6.73. The average molecular weight is 305 g/mol. The van der Waals surface area contributed by atoms with Crippen LogP contribution in [-0.4, -0.2) is 37.5 Å². The minimum absolute atomic E-state index is 0.00118. The Morgan fingerprint density at radius 2 is 2.10 bits per heavy atom. The Hall–Kier alpha value is -1.89. The van der Waals surface area contributed by atoms with Crippen LogP contribution in [0, 0.1) is 13.8 Å². The molecule has 0 saturated heterocycles. The second-order valence-corrected chi connectivity index (χ2v) is 6.06. The molecule has 0 aromatic carbocycles. The zero-order valence-electron chi connectivity index (χ0n) is 12.6. The molecule has 1 N–H and O–H groups in total. The predicted octanol–water partition coefficient (Wildman–Crippen LogP) is 1.90. The van der Waals surface area contributed by atoms with Crippen LogP contribution >= 0.6 is 11.8 Å². The fraction of sp³-hybridized carbons (Fsp3) is 0.429. The topological polar surface area (TPSA) is 72.7 Å². The zero-order valence-corrected chi connectivity index (χ0v) is 13.4. The lowest BCUT2D eigenvalue weighted by atomic mass is 10.4. The summed E-state index contributed by atoms with van der Waals surface area (Å²) in [5.41, 5.74) is 1.95. The number of aryl methyl sites for hydroxylation is 2. The molecule has 0 saturated carbocycles. The molecular weight excluding hydrogens is 286 g/mol. The summed E-state index contributed by atoms with van der Waals surface area (Å²) < 4.78 is 1.77. The van der Waals surface area contributed by atoms with Crippen molar-refractivity contribution in [1.82, 2.24) is 25.1 Å². The molecule has 0 spiro atoms. The Morgan fingerprint density at radius 1 is 1.33 bits per heavy atom. The minimum Gasteiger partial charge on any atom is -0.353 e. The maximum absolute atomic E-state index is 11.6. The van der Waals surface area contributed by atoms with Crippen molar-refractivity contribution in [2.75, 3.05) is 5.75 Å². The summed E-state index contributed by atoms with van der Waals surface area (Å²) in [6.45, 7) is 7.80. The normalized spacial score (nSPS) is 10.9. The molecule has 0 bridgehead atoms. The fourth-order valence-corrected chi connectivity index (χ4v) is 2.56. The summed E-state index contributed by atoms with van der Waals surface area (Å²) >= 11 is 1.39. The van der Waals surface area contributed by atoms with E-state index in [1.165, 1.54) is 18.1 Å². The van der Waals surface area contributed by atoms with Gasteiger partial charge in [0, 0.05) is 17.8 Å². The van der Waals surface area contributed by atoms with E-state index in [1.54, 1.807) is 4.68 Å². The molecule has 6 nitrogen and oxygen atoms in total. The van der Waals surface area contributed by atoms with Crippen LogP contribution in [0.5, 0.6) is 0 Å². The van der Waals surface area contributed by atoms with E-state index in [-0.39, 0.29) is 11.9 Å². The number of rotatable bonds is 5. The van der Waals surface area contributed by atoms with Gasteiger partial charge in [0.1, 0.15) is 11.4 Å². The molecule has 1 amide bonds. The Balaban J connectivity index is 2.08.